The van der Waals surface area contributed by atoms with E-state index in [0.29, 0.717) is 12.1 Å². The van der Waals surface area contributed by atoms with Crippen molar-refractivity contribution in [3.8, 4) is 0 Å². The van der Waals surface area contributed by atoms with Gasteiger partial charge in [-0.15, -0.1) is 0 Å². The summed E-state index contributed by atoms with van der Waals surface area (Å²) in [6, 6.07) is 8.08. The first-order valence-corrected chi connectivity index (χ1v) is 7.59. The van der Waals surface area contributed by atoms with Gasteiger partial charge in [0.05, 0.1) is 0 Å². The Hall–Kier alpha value is -0.860. The van der Waals surface area contributed by atoms with E-state index in [1.165, 1.54) is 31.2 Å². The fourth-order valence-corrected chi connectivity index (χ4v) is 2.67. The van der Waals surface area contributed by atoms with Crippen molar-refractivity contribution in [3.05, 3.63) is 34.9 Å². The number of benzene rings is 1. The normalized spacial score (nSPS) is 18.2. The Morgan fingerprint density at radius 2 is 1.79 bits per heavy atom. The lowest BCUT2D eigenvalue weighted by Crippen LogP contribution is -2.36. The van der Waals surface area contributed by atoms with E-state index in [-0.39, 0.29) is 0 Å². The summed E-state index contributed by atoms with van der Waals surface area (Å²) in [6.45, 7) is 5.56. The van der Waals surface area contributed by atoms with Gasteiger partial charge in [-0.25, -0.2) is 0 Å². The van der Waals surface area contributed by atoms with Gasteiger partial charge in [0.2, 0.25) is 0 Å². The van der Waals surface area contributed by atoms with Crippen LogP contribution >= 0.6 is 0 Å². The van der Waals surface area contributed by atoms with E-state index in [0.717, 1.165) is 6.54 Å². The van der Waals surface area contributed by atoms with Crippen LogP contribution in [-0.2, 0) is 12.8 Å². The van der Waals surface area contributed by atoms with Gasteiger partial charge in [0, 0.05) is 18.6 Å². The SMILES string of the molecule is CC(NCC(C)N(C)C)c1ccc2c(c1)CCCC2. The third-order valence-corrected chi connectivity index (χ3v) is 4.47. The second-order valence-corrected chi connectivity index (χ2v) is 6.18. The second-order valence-electron chi connectivity index (χ2n) is 6.18. The second kappa shape index (κ2) is 6.53. The molecule has 2 heteroatoms. The summed E-state index contributed by atoms with van der Waals surface area (Å²) in [5, 5.41) is 3.65. The van der Waals surface area contributed by atoms with E-state index in [1.807, 2.05) is 0 Å². The molecule has 2 atom stereocenters. The highest BCUT2D eigenvalue weighted by atomic mass is 15.1. The summed E-state index contributed by atoms with van der Waals surface area (Å²) in [6.07, 6.45) is 5.26. The summed E-state index contributed by atoms with van der Waals surface area (Å²) >= 11 is 0. The van der Waals surface area contributed by atoms with Crippen LogP contribution in [0.2, 0.25) is 0 Å². The monoisotopic (exact) mass is 260 g/mol. The zero-order chi connectivity index (χ0) is 13.8. The first-order chi connectivity index (χ1) is 9.08. The van der Waals surface area contributed by atoms with Crippen LogP contribution in [0.5, 0.6) is 0 Å². The quantitative estimate of drug-likeness (QED) is 0.875. The van der Waals surface area contributed by atoms with Crippen LogP contribution in [0.15, 0.2) is 18.2 Å². The molecule has 2 rings (SSSR count). The van der Waals surface area contributed by atoms with E-state index in [2.05, 4.69) is 56.4 Å². The topological polar surface area (TPSA) is 15.3 Å². The number of nitrogens with zero attached hydrogens (tertiary/aromatic N) is 1. The third kappa shape index (κ3) is 3.80. The lowest BCUT2D eigenvalue weighted by Gasteiger charge is -2.24. The number of likely N-dealkylation sites (N-methyl/N-ethyl adjacent to an activating group) is 1. The molecule has 1 aliphatic carbocycles. The lowest BCUT2D eigenvalue weighted by atomic mass is 9.89. The standard InChI is InChI=1S/C17H28N2/c1-13(19(3)4)12-18-14(2)16-10-9-15-7-5-6-8-17(15)11-16/h9-11,13-14,18H,5-8,12H2,1-4H3. The zero-order valence-electron chi connectivity index (χ0n) is 12.9. The summed E-state index contributed by atoms with van der Waals surface area (Å²) in [5.74, 6) is 0. The van der Waals surface area contributed by atoms with E-state index < -0.39 is 0 Å². The molecule has 0 saturated carbocycles. The van der Waals surface area contributed by atoms with Crippen molar-refractivity contribution in [2.75, 3.05) is 20.6 Å². The van der Waals surface area contributed by atoms with Crippen LogP contribution in [0.3, 0.4) is 0 Å². The molecule has 0 fully saturated rings. The van der Waals surface area contributed by atoms with Crippen molar-refractivity contribution in [3.63, 3.8) is 0 Å². The Morgan fingerprint density at radius 1 is 1.11 bits per heavy atom. The van der Waals surface area contributed by atoms with Crippen LogP contribution in [0, 0.1) is 0 Å². The molecule has 0 aromatic heterocycles. The molecular formula is C17H28N2. The molecule has 0 aliphatic heterocycles. The minimum atomic E-state index is 0.439. The molecule has 0 bridgehead atoms. The third-order valence-electron chi connectivity index (χ3n) is 4.47. The molecule has 0 spiro atoms. The molecular weight excluding hydrogens is 232 g/mol. The van der Waals surface area contributed by atoms with Gasteiger partial charge in [-0.05, 0) is 70.3 Å². The highest BCUT2D eigenvalue weighted by Crippen LogP contribution is 2.24. The van der Waals surface area contributed by atoms with E-state index in [1.54, 1.807) is 11.1 Å². The fraction of sp³-hybridized carbons (Fsp3) is 0.647. The van der Waals surface area contributed by atoms with Gasteiger partial charge in [-0.1, -0.05) is 18.2 Å². The van der Waals surface area contributed by atoms with E-state index >= 15 is 0 Å². The smallest absolute Gasteiger partial charge is 0.0292 e. The van der Waals surface area contributed by atoms with Gasteiger partial charge >= 0.3 is 0 Å². The fourth-order valence-electron chi connectivity index (χ4n) is 2.67. The van der Waals surface area contributed by atoms with Crippen molar-refractivity contribution in [2.24, 2.45) is 0 Å². The molecule has 1 aliphatic rings. The number of nitrogens with one attached hydrogen (secondary N) is 1. The molecule has 0 radical (unpaired) electrons. The molecule has 0 amide bonds. The molecule has 1 aromatic carbocycles. The Balaban J connectivity index is 1.97. The highest BCUT2D eigenvalue weighted by molar-refractivity contribution is 5.35. The molecule has 0 saturated heterocycles. The van der Waals surface area contributed by atoms with Gasteiger partial charge in [0.1, 0.15) is 0 Å². The molecule has 2 unspecified atom stereocenters. The Morgan fingerprint density at radius 3 is 2.47 bits per heavy atom. The van der Waals surface area contributed by atoms with Crippen molar-refractivity contribution in [2.45, 2.75) is 51.6 Å². The van der Waals surface area contributed by atoms with Crippen LogP contribution in [0.1, 0.15) is 49.4 Å². The van der Waals surface area contributed by atoms with E-state index in [9.17, 15) is 0 Å². The van der Waals surface area contributed by atoms with Crippen LogP contribution in [-0.4, -0.2) is 31.6 Å². The molecule has 19 heavy (non-hydrogen) atoms. The van der Waals surface area contributed by atoms with Gasteiger partial charge in [0.25, 0.3) is 0 Å². The molecule has 106 valence electrons. The lowest BCUT2D eigenvalue weighted by molar-refractivity contribution is 0.295. The van der Waals surface area contributed by atoms with Crippen LogP contribution in [0.4, 0.5) is 0 Å². The summed E-state index contributed by atoms with van der Waals surface area (Å²) in [5.41, 5.74) is 4.59. The zero-order valence-corrected chi connectivity index (χ0v) is 12.9. The number of fused-ring (bicyclic) bond motifs is 1. The van der Waals surface area contributed by atoms with Crippen molar-refractivity contribution < 1.29 is 0 Å². The Kier molecular flexibility index (Phi) is 5.00. The maximum absolute atomic E-state index is 3.65. The summed E-state index contributed by atoms with van der Waals surface area (Å²) < 4.78 is 0. The maximum atomic E-state index is 3.65. The molecule has 1 aromatic rings. The van der Waals surface area contributed by atoms with Gasteiger partial charge in [-0.3, -0.25) is 0 Å². The van der Waals surface area contributed by atoms with Gasteiger partial charge in [0.15, 0.2) is 0 Å². The minimum absolute atomic E-state index is 0.439. The minimum Gasteiger partial charge on any atom is -0.309 e. The predicted octanol–water partition coefficient (Wildman–Crippen LogP) is 3.17. The number of hydrogen-bond donors (Lipinski definition) is 1. The first-order valence-electron chi connectivity index (χ1n) is 7.59. The largest absolute Gasteiger partial charge is 0.309 e. The number of aryl methyl sites for hydroxylation is 2. The summed E-state index contributed by atoms with van der Waals surface area (Å²) in [7, 11) is 4.27. The van der Waals surface area contributed by atoms with Crippen LogP contribution < -0.4 is 5.32 Å². The van der Waals surface area contributed by atoms with Gasteiger partial charge < -0.3 is 10.2 Å². The average molecular weight is 260 g/mol. The molecule has 0 heterocycles. The summed E-state index contributed by atoms with van der Waals surface area (Å²) in [4.78, 5) is 2.26. The Bertz CT molecular complexity index is 412. The maximum Gasteiger partial charge on any atom is 0.0292 e. The average Bonchev–Trinajstić information content (AvgIpc) is 2.43. The van der Waals surface area contributed by atoms with Crippen LogP contribution in [0.25, 0.3) is 0 Å². The van der Waals surface area contributed by atoms with Crippen molar-refractivity contribution in [1.82, 2.24) is 10.2 Å². The van der Waals surface area contributed by atoms with E-state index in [4.69, 9.17) is 0 Å². The number of hydrogen-bond acceptors (Lipinski definition) is 2. The highest BCUT2D eigenvalue weighted by Gasteiger charge is 2.13. The van der Waals surface area contributed by atoms with Crippen molar-refractivity contribution >= 4 is 0 Å². The van der Waals surface area contributed by atoms with Gasteiger partial charge in [-0.2, -0.15) is 0 Å². The van der Waals surface area contributed by atoms with Crippen molar-refractivity contribution in [1.29, 1.82) is 0 Å². The predicted molar refractivity (Wildman–Crippen MR) is 82.7 cm³/mol. The Labute approximate surface area is 118 Å². The molecule has 2 nitrogen and oxygen atoms in total. The first kappa shape index (κ1) is 14.5. The number of rotatable bonds is 5. The molecule has 1 N–H and O–H groups in total.